The minimum atomic E-state index is -0.0517. The van der Waals surface area contributed by atoms with E-state index in [1.807, 2.05) is 42.2 Å². The quantitative estimate of drug-likeness (QED) is 0.713. The molecule has 2 amide bonds. The number of aryl methyl sites for hydroxylation is 2. The second-order valence-electron chi connectivity index (χ2n) is 7.58. The second kappa shape index (κ2) is 7.50. The SMILES string of the molecule is Cc1ccc(N2CCN(C(=O)Nc3cccc4nc(C)ccc34)[C@@H](C)C2)cc1. The highest BCUT2D eigenvalue weighted by Crippen LogP contribution is 2.24. The van der Waals surface area contributed by atoms with Crippen LogP contribution >= 0.6 is 0 Å². The Morgan fingerprint density at radius 3 is 2.57 bits per heavy atom. The summed E-state index contributed by atoms with van der Waals surface area (Å²) >= 11 is 0. The lowest BCUT2D eigenvalue weighted by Gasteiger charge is -2.41. The molecule has 0 aliphatic carbocycles. The zero-order chi connectivity index (χ0) is 19.7. The van der Waals surface area contributed by atoms with Crippen LogP contribution in [0.4, 0.5) is 16.2 Å². The monoisotopic (exact) mass is 374 g/mol. The van der Waals surface area contributed by atoms with Crippen LogP contribution in [0.5, 0.6) is 0 Å². The average Bonchev–Trinajstić information content (AvgIpc) is 2.68. The maximum Gasteiger partial charge on any atom is 0.322 e. The van der Waals surface area contributed by atoms with Crippen molar-refractivity contribution in [1.29, 1.82) is 0 Å². The lowest BCUT2D eigenvalue weighted by Crippen LogP contribution is -2.55. The van der Waals surface area contributed by atoms with E-state index in [0.717, 1.165) is 35.4 Å². The van der Waals surface area contributed by atoms with E-state index in [1.54, 1.807) is 0 Å². The Labute approximate surface area is 166 Å². The molecule has 28 heavy (non-hydrogen) atoms. The topological polar surface area (TPSA) is 48.5 Å². The van der Waals surface area contributed by atoms with Gasteiger partial charge in [0.25, 0.3) is 0 Å². The van der Waals surface area contributed by atoms with Crippen LogP contribution in [-0.4, -0.2) is 41.6 Å². The molecule has 4 rings (SSSR count). The Morgan fingerprint density at radius 2 is 1.82 bits per heavy atom. The van der Waals surface area contributed by atoms with Crippen LogP contribution in [0.15, 0.2) is 54.6 Å². The maximum absolute atomic E-state index is 13.0. The standard InChI is InChI=1S/C23H26N4O/c1-16-7-10-19(11-8-16)26-13-14-27(18(3)15-26)23(28)25-22-6-4-5-21-20(22)12-9-17(2)24-21/h4-12,18H,13-15H2,1-3H3,(H,25,28)/t18-/m0/s1. The van der Waals surface area contributed by atoms with Gasteiger partial charge in [-0.15, -0.1) is 0 Å². The fraction of sp³-hybridized carbons (Fsp3) is 0.304. The highest BCUT2D eigenvalue weighted by molar-refractivity contribution is 6.00. The largest absolute Gasteiger partial charge is 0.368 e. The fourth-order valence-corrected chi connectivity index (χ4v) is 3.80. The van der Waals surface area contributed by atoms with Gasteiger partial charge in [0.2, 0.25) is 0 Å². The Kier molecular flexibility index (Phi) is 4.90. The van der Waals surface area contributed by atoms with Gasteiger partial charge in [-0.2, -0.15) is 0 Å². The van der Waals surface area contributed by atoms with Crippen LogP contribution in [0.25, 0.3) is 10.9 Å². The van der Waals surface area contributed by atoms with Crippen molar-refractivity contribution < 1.29 is 4.79 Å². The first-order valence-electron chi connectivity index (χ1n) is 9.77. The number of fused-ring (bicyclic) bond motifs is 1. The van der Waals surface area contributed by atoms with Gasteiger partial charge in [0.05, 0.1) is 11.2 Å². The molecule has 0 bridgehead atoms. The Bertz CT molecular complexity index is 999. The number of piperazine rings is 1. The molecule has 0 saturated carbocycles. The molecule has 1 aliphatic rings. The molecule has 2 aromatic carbocycles. The van der Waals surface area contributed by atoms with Crippen LogP contribution < -0.4 is 10.2 Å². The molecule has 1 N–H and O–H groups in total. The zero-order valence-electron chi connectivity index (χ0n) is 16.6. The Balaban J connectivity index is 1.47. The Hall–Kier alpha value is -3.08. The van der Waals surface area contributed by atoms with Crippen LogP contribution in [0.3, 0.4) is 0 Å². The predicted octanol–water partition coefficient (Wildman–Crippen LogP) is 4.59. The van der Waals surface area contributed by atoms with E-state index in [4.69, 9.17) is 0 Å². The van der Waals surface area contributed by atoms with Crippen LogP contribution in [0, 0.1) is 13.8 Å². The van der Waals surface area contributed by atoms with E-state index in [0.29, 0.717) is 6.54 Å². The van der Waals surface area contributed by atoms with Crippen LogP contribution in [-0.2, 0) is 0 Å². The molecule has 0 radical (unpaired) electrons. The van der Waals surface area contributed by atoms with E-state index in [1.165, 1.54) is 11.3 Å². The number of nitrogens with zero attached hydrogens (tertiary/aromatic N) is 3. The molecule has 1 aromatic heterocycles. The second-order valence-corrected chi connectivity index (χ2v) is 7.58. The Morgan fingerprint density at radius 1 is 1.04 bits per heavy atom. The predicted molar refractivity (Wildman–Crippen MR) is 115 cm³/mol. The molecule has 1 fully saturated rings. The van der Waals surface area contributed by atoms with Gasteiger partial charge in [0.15, 0.2) is 0 Å². The number of hydrogen-bond donors (Lipinski definition) is 1. The van der Waals surface area contributed by atoms with Crippen molar-refractivity contribution in [3.05, 3.63) is 65.9 Å². The molecular formula is C23H26N4O. The molecule has 5 nitrogen and oxygen atoms in total. The normalized spacial score (nSPS) is 17.0. The minimum absolute atomic E-state index is 0.0517. The molecule has 5 heteroatoms. The molecule has 144 valence electrons. The van der Waals surface area contributed by atoms with Gasteiger partial charge in [-0.1, -0.05) is 23.8 Å². The van der Waals surface area contributed by atoms with Gasteiger partial charge in [-0.05, 0) is 57.2 Å². The molecule has 3 aromatic rings. The molecule has 2 heterocycles. The van der Waals surface area contributed by atoms with Crippen LogP contribution in [0.1, 0.15) is 18.2 Å². The molecule has 1 aliphatic heterocycles. The number of amides is 2. The van der Waals surface area contributed by atoms with E-state index in [2.05, 4.69) is 53.3 Å². The molecule has 1 saturated heterocycles. The van der Waals surface area contributed by atoms with Gasteiger partial charge in [0, 0.05) is 42.4 Å². The van der Waals surface area contributed by atoms with E-state index < -0.39 is 0 Å². The van der Waals surface area contributed by atoms with E-state index in [9.17, 15) is 4.79 Å². The number of urea groups is 1. The average molecular weight is 374 g/mol. The van der Waals surface area contributed by atoms with Crippen molar-refractivity contribution in [1.82, 2.24) is 9.88 Å². The molecular weight excluding hydrogens is 348 g/mol. The lowest BCUT2D eigenvalue weighted by atomic mass is 10.1. The summed E-state index contributed by atoms with van der Waals surface area (Å²) in [7, 11) is 0. The van der Waals surface area contributed by atoms with E-state index in [-0.39, 0.29) is 12.1 Å². The smallest absolute Gasteiger partial charge is 0.322 e. The summed E-state index contributed by atoms with van der Waals surface area (Å²) in [4.78, 5) is 21.8. The number of nitrogens with one attached hydrogen (secondary N) is 1. The maximum atomic E-state index is 13.0. The number of benzene rings is 2. The van der Waals surface area contributed by atoms with Crippen molar-refractivity contribution in [2.75, 3.05) is 29.9 Å². The number of hydrogen-bond acceptors (Lipinski definition) is 3. The van der Waals surface area contributed by atoms with Gasteiger partial charge < -0.3 is 15.1 Å². The first kappa shape index (κ1) is 18.3. The van der Waals surface area contributed by atoms with Crippen LogP contribution in [0.2, 0.25) is 0 Å². The summed E-state index contributed by atoms with van der Waals surface area (Å²) in [6.45, 7) is 8.53. The summed E-state index contributed by atoms with van der Waals surface area (Å²) < 4.78 is 0. The summed E-state index contributed by atoms with van der Waals surface area (Å²) in [5, 5.41) is 4.06. The number of rotatable bonds is 2. The summed E-state index contributed by atoms with van der Waals surface area (Å²) in [6, 6.07) is 18.5. The third-order valence-corrected chi connectivity index (χ3v) is 5.40. The van der Waals surface area contributed by atoms with Gasteiger partial charge in [-0.3, -0.25) is 4.98 Å². The van der Waals surface area contributed by atoms with Crippen molar-refractivity contribution in [2.24, 2.45) is 0 Å². The summed E-state index contributed by atoms with van der Waals surface area (Å²) in [5.74, 6) is 0. The minimum Gasteiger partial charge on any atom is -0.368 e. The molecule has 1 atom stereocenters. The number of carbonyl (C=O) groups is 1. The van der Waals surface area contributed by atoms with Crippen molar-refractivity contribution in [3.8, 4) is 0 Å². The van der Waals surface area contributed by atoms with Gasteiger partial charge in [-0.25, -0.2) is 4.79 Å². The first-order valence-corrected chi connectivity index (χ1v) is 9.77. The number of anilines is 2. The number of carbonyl (C=O) groups excluding carboxylic acids is 1. The molecule has 0 spiro atoms. The van der Waals surface area contributed by atoms with Crippen molar-refractivity contribution in [2.45, 2.75) is 26.8 Å². The third-order valence-electron chi connectivity index (χ3n) is 5.40. The van der Waals surface area contributed by atoms with Gasteiger partial charge in [0.1, 0.15) is 0 Å². The molecule has 0 unspecified atom stereocenters. The van der Waals surface area contributed by atoms with Crippen molar-refractivity contribution in [3.63, 3.8) is 0 Å². The number of aromatic nitrogens is 1. The third kappa shape index (κ3) is 3.65. The summed E-state index contributed by atoms with van der Waals surface area (Å²) in [5.41, 5.74) is 5.15. The van der Waals surface area contributed by atoms with Crippen molar-refractivity contribution >= 4 is 28.3 Å². The first-order chi connectivity index (χ1) is 13.5. The van der Waals surface area contributed by atoms with Gasteiger partial charge >= 0.3 is 6.03 Å². The van der Waals surface area contributed by atoms with E-state index >= 15 is 0 Å². The fourth-order valence-electron chi connectivity index (χ4n) is 3.80. The highest BCUT2D eigenvalue weighted by Gasteiger charge is 2.27. The highest BCUT2D eigenvalue weighted by atomic mass is 16.2. The summed E-state index contributed by atoms with van der Waals surface area (Å²) in [6.07, 6.45) is 0. The number of pyridine rings is 1. The zero-order valence-corrected chi connectivity index (χ0v) is 16.6. The lowest BCUT2D eigenvalue weighted by molar-refractivity contribution is 0.185.